The lowest BCUT2D eigenvalue weighted by atomic mass is 10.2. The van der Waals surface area contributed by atoms with Crippen molar-refractivity contribution >= 4 is 57.5 Å². The number of carbonyl (C=O) groups is 1. The second-order valence-electron chi connectivity index (χ2n) is 5.07. The van der Waals surface area contributed by atoms with Crippen LogP contribution in [0.4, 0.5) is 5.69 Å². The number of hydrogen-bond acceptors (Lipinski definition) is 4. The minimum absolute atomic E-state index is 0.174. The Morgan fingerprint density at radius 3 is 2.79 bits per heavy atom. The molecule has 4 nitrogen and oxygen atoms in total. The van der Waals surface area contributed by atoms with E-state index in [0.29, 0.717) is 15.7 Å². The summed E-state index contributed by atoms with van der Waals surface area (Å²) in [6, 6.07) is 12.6. The van der Waals surface area contributed by atoms with Gasteiger partial charge in [-0.05, 0) is 31.2 Å². The van der Waals surface area contributed by atoms with E-state index in [9.17, 15) is 4.79 Å². The fourth-order valence-corrected chi connectivity index (χ4v) is 3.37. The molecular formula is C17H13Cl2N3OS. The van der Waals surface area contributed by atoms with Crippen LogP contribution in [0.25, 0.3) is 10.9 Å². The molecule has 0 saturated heterocycles. The highest BCUT2D eigenvalue weighted by atomic mass is 35.5. The summed E-state index contributed by atoms with van der Waals surface area (Å²) in [6.45, 7) is 1.81. The van der Waals surface area contributed by atoms with Crippen LogP contribution in [0.5, 0.6) is 0 Å². The maximum atomic E-state index is 12.4. The molecule has 0 aliphatic carbocycles. The molecular weight excluding hydrogens is 365 g/mol. The number of carbonyl (C=O) groups excluding carboxylic acids is 1. The summed E-state index contributed by atoms with van der Waals surface area (Å²) < 4.78 is 0. The number of thioether (sulfide) groups is 1. The van der Waals surface area contributed by atoms with Crippen LogP contribution in [0.1, 0.15) is 6.92 Å². The van der Waals surface area contributed by atoms with E-state index in [2.05, 4.69) is 15.3 Å². The van der Waals surface area contributed by atoms with Gasteiger partial charge in [-0.15, -0.1) is 0 Å². The van der Waals surface area contributed by atoms with Gasteiger partial charge in [0.15, 0.2) is 0 Å². The van der Waals surface area contributed by atoms with Gasteiger partial charge in [-0.25, -0.2) is 9.97 Å². The number of para-hydroxylation sites is 1. The van der Waals surface area contributed by atoms with Crippen LogP contribution in [-0.2, 0) is 4.79 Å². The molecule has 1 amide bonds. The van der Waals surface area contributed by atoms with Gasteiger partial charge < -0.3 is 5.32 Å². The summed E-state index contributed by atoms with van der Waals surface area (Å²) >= 11 is 13.4. The first kappa shape index (κ1) is 17.0. The normalized spacial score (nSPS) is 12.1. The Bertz CT molecular complexity index is 899. The minimum Gasteiger partial charge on any atom is -0.324 e. The lowest BCUT2D eigenvalue weighted by Crippen LogP contribution is -2.22. The molecule has 0 saturated carbocycles. The van der Waals surface area contributed by atoms with Crippen LogP contribution in [0.3, 0.4) is 0 Å². The molecule has 1 atom stereocenters. The van der Waals surface area contributed by atoms with E-state index >= 15 is 0 Å². The van der Waals surface area contributed by atoms with Crippen LogP contribution in [-0.4, -0.2) is 21.1 Å². The monoisotopic (exact) mass is 377 g/mol. The van der Waals surface area contributed by atoms with Gasteiger partial charge in [0.1, 0.15) is 11.4 Å². The van der Waals surface area contributed by atoms with Crippen molar-refractivity contribution in [2.75, 3.05) is 5.32 Å². The van der Waals surface area contributed by atoms with Gasteiger partial charge in [0.05, 0.1) is 21.5 Å². The molecule has 0 bridgehead atoms. The highest BCUT2D eigenvalue weighted by Gasteiger charge is 2.18. The lowest BCUT2D eigenvalue weighted by molar-refractivity contribution is -0.115. The highest BCUT2D eigenvalue weighted by molar-refractivity contribution is 8.00. The number of nitrogens with one attached hydrogen (secondary N) is 1. The number of aromatic nitrogens is 2. The van der Waals surface area contributed by atoms with Gasteiger partial charge in [0.2, 0.25) is 5.91 Å². The quantitative estimate of drug-likeness (QED) is 0.510. The van der Waals surface area contributed by atoms with E-state index < -0.39 is 0 Å². The summed E-state index contributed by atoms with van der Waals surface area (Å²) in [4.78, 5) is 21.0. The summed E-state index contributed by atoms with van der Waals surface area (Å²) in [5.74, 6) is -0.174. The molecule has 3 aromatic rings. The van der Waals surface area contributed by atoms with Gasteiger partial charge in [0, 0.05) is 10.4 Å². The Morgan fingerprint density at radius 2 is 1.96 bits per heavy atom. The first-order valence-corrected chi connectivity index (χ1v) is 8.80. The average Bonchev–Trinajstić information content (AvgIpc) is 2.58. The van der Waals surface area contributed by atoms with Crippen molar-refractivity contribution in [3.63, 3.8) is 0 Å². The van der Waals surface area contributed by atoms with Crippen LogP contribution in [0, 0.1) is 0 Å². The van der Waals surface area contributed by atoms with Crippen molar-refractivity contribution in [2.45, 2.75) is 17.2 Å². The molecule has 0 radical (unpaired) electrons. The number of anilines is 1. The maximum Gasteiger partial charge on any atom is 0.237 e. The van der Waals surface area contributed by atoms with E-state index in [1.807, 2.05) is 31.2 Å². The Morgan fingerprint density at radius 1 is 1.17 bits per heavy atom. The largest absolute Gasteiger partial charge is 0.324 e. The van der Waals surface area contributed by atoms with Crippen molar-refractivity contribution in [1.82, 2.24) is 9.97 Å². The van der Waals surface area contributed by atoms with Gasteiger partial charge in [-0.2, -0.15) is 0 Å². The molecule has 0 aliphatic heterocycles. The Balaban J connectivity index is 1.77. The Hall–Kier alpha value is -1.82. The standard InChI is InChI=1S/C17H13Cl2N3OS/c1-10(16(23)22-15-8-11(18)6-7-13(15)19)24-17-12-4-2-3-5-14(12)20-9-21-17/h2-10H,1H3,(H,22,23)/t10-/m1/s1. The molecule has 2 aromatic carbocycles. The fourth-order valence-electron chi connectivity index (χ4n) is 2.12. The van der Waals surface area contributed by atoms with Crippen molar-refractivity contribution in [3.8, 4) is 0 Å². The second-order valence-corrected chi connectivity index (χ2v) is 7.24. The van der Waals surface area contributed by atoms with Gasteiger partial charge in [0.25, 0.3) is 0 Å². The number of halogens is 2. The van der Waals surface area contributed by atoms with E-state index in [1.54, 1.807) is 18.2 Å². The average molecular weight is 378 g/mol. The van der Waals surface area contributed by atoms with Crippen LogP contribution in [0.2, 0.25) is 10.0 Å². The number of hydrogen-bond donors (Lipinski definition) is 1. The number of benzene rings is 2. The Kier molecular flexibility index (Phi) is 5.23. The first-order valence-electron chi connectivity index (χ1n) is 7.17. The predicted molar refractivity (Wildman–Crippen MR) is 99.9 cm³/mol. The summed E-state index contributed by atoms with van der Waals surface area (Å²) in [6.07, 6.45) is 1.50. The van der Waals surface area contributed by atoms with E-state index in [-0.39, 0.29) is 11.2 Å². The van der Waals surface area contributed by atoms with E-state index in [4.69, 9.17) is 23.2 Å². The predicted octanol–water partition coefficient (Wildman–Crippen LogP) is 5.06. The molecule has 1 N–H and O–H groups in total. The smallest absolute Gasteiger partial charge is 0.237 e. The summed E-state index contributed by atoms with van der Waals surface area (Å²) in [5, 5.41) is 5.08. The second kappa shape index (κ2) is 7.38. The van der Waals surface area contributed by atoms with Crippen LogP contribution in [0.15, 0.2) is 53.8 Å². The third-order valence-corrected chi connectivity index (χ3v) is 5.03. The van der Waals surface area contributed by atoms with E-state index in [0.717, 1.165) is 15.9 Å². The summed E-state index contributed by atoms with van der Waals surface area (Å²) in [5.41, 5.74) is 1.34. The minimum atomic E-state index is -0.363. The van der Waals surface area contributed by atoms with Gasteiger partial charge in [-0.1, -0.05) is 53.2 Å². The molecule has 122 valence electrons. The molecule has 0 aliphatic rings. The molecule has 0 spiro atoms. The third kappa shape index (κ3) is 3.80. The number of rotatable bonds is 4. The van der Waals surface area contributed by atoms with Gasteiger partial charge >= 0.3 is 0 Å². The topological polar surface area (TPSA) is 54.9 Å². The Labute approximate surface area is 153 Å². The van der Waals surface area contributed by atoms with Crippen molar-refractivity contribution in [1.29, 1.82) is 0 Å². The molecule has 0 unspecified atom stereocenters. The zero-order chi connectivity index (χ0) is 17.1. The molecule has 7 heteroatoms. The molecule has 1 aromatic heterocycles. The SMILES string of the molecule is C[C@@H](Sc1ncnc2ccccc12)C(=O)Nc1cc(Cl)ccc1Cl. The highest BCUT2D eigenvalue weighted by Crippen LogP contribution is 2.30. The third-order valence-electron chi connectivity index (χ3n) is 3.35. The summed E-state index contributed by atoms with van der Waals surface area (Å²) in [7, 11) is 0. The van der Waals surface area contributed by atoms with Crippen LogP contribution >= 0.6 is 35.0 Å². The van der Waals surface area contributed by atoms with Gasteiger partial charge in [-0.3, -0.25) is 4.79 Å². The van der Waals surface area contributed by atoms with E-state index in [1.165, 1.54) is 18.1 Å². The van der Waals surface area contributed by atoms with Crippen molar-refractivity contribution < 1.29 is 4.79 Å². The molecule has 24 heavy (non-hydrogen) atoms. The van der Waals surface area contributed by atoms with Crippen LogP contribution < -0.4 is 5.32 Å². The fraction of sp³-hybridized carbons (Fsp3) is 0.118. The molecule has 3 rings (SSSR count). The molecule has 0 fully saturated rings. The maximum absolute atomic E-state index is 12.4. The lowest BCUT2D eigenvalue weighted by Gasteiger charge is -2.13. The first-order chi connectivity index (χ1) is 11.5. The number of amides is 1. The van der Waals surface area contributed by atoms with Crippen molar-refractivity contribution in [2.24, 2.45) is 0 Å². The zero-order valence-electron chi connectivity index (χ0n) is 12.7. The zero-order valence-corrected chi connectivity index (χ0v) is 15.0. The van der Waals surface area contributed by atoms with Crippen molar-refractivity contribution in [3.05, 3.63) is 58.8 Å². The number of fused-ring (bicyclic) bond motifs is 1. The molecule has 1 heterocycles. The number of nitrogens with zero attached hydrogens (tertiary/aromatic N) is 2.